The number of guanidine groups is 1. The number of hydrogen-bond acceptors (Lipinski definition) is 1. The first kappa shape index (κ1) is 16.3. The number of benzene rings is 1. The van der Waals surface area contributed by atoms with Crippen LogP contribution in [0.4, 0.5) is 0 Å². The van der Waals surface area contributed by atoms with Gasteiger partial charge >= 0.3 is 0 Å². The van der Waals surface area contributed by atoms with E-state index >= 15 is 0 Å². The molecule has 3 N–H and O–H groups in total. The predicted octanol–water partition coefficient (Wildman–Crippen LogP) is 3.29. The maximum Gasteiger partial charge on any atom is 0.189 e. The van der Waals surface area contributed by atoms with Gasteiger partial charge < -0.3 is 11.1 Å². The van der Waals surface area contributed by atoms with Crippen LogP contribution in [0, 0.1) is 0 Å². The minimum Gasteiger partial charge on any atom is -0.370 e. The number of rotatable bonds is 4. The number of nitrogens with one attached hydrogen (secondary N) is 1. The zero-order valence-electron chi connectivity index (χ0n) is 10.9. The Labute approximate surface area is 136 Å². The van der Waals surface area contributed by atoms with Gasteiger partial charge in [-0.15, -0.1) is 24.0 Å². The summed E-state index contributed by atoms with van der Waals surface area (Å²) in [6.07, 6.45) is 1.07. The highest BCUT2D eigenvalue weighted by Crippen LogP contribution is 2.41. The second-order valence-corrected chi connectivity index (χ2v) is 5.24. The van der Waals surface area contributed by atoms with Crippen molar-refractivity contribution in [3.63, 3.8) is 0 Å². The van der Waals surface area contributed by atoms with Gasteiger partial charge in [0.05, 0.1) is 6.54 Å². The minimum atomic E-state index is 0. The Hall–Kier alpha value is -0.750. The van der Waals surface area contributed by atoms with Crippen LogP contribution >= 0.6 is 35.6 Å². The van der Waals surface area contributed by atoms with Crippen molar-refractivity contribution in [2.45, 2.75) is 25.3 Å². The van der Waals surface area contributed by atoms with Crippen LogP contribution in [0.25, 0.3) is 0 Å². The zero-order chi connectivity index (χ0) is 13.1. The van der Waals surface area contributed by atoms with E-state index in [1.165, 1.54) is 5.56 Å². The van der Waals surface area contributed by atoms with E-state index in [9.17, 15) is 0 Å². The van der Waals surface area contributed by atoms with E-state index < -0.39 is 0 Å². The van der Waals surface area contributed by atoms with E-state index in [0.29, 0.717) is 24.5 Å². The molecule has 1 saturated carbocycles. The lowest BCUT2D eigenvalue weighted by atomic mass is 10.1. The molecule has 0 bridgehead atoms. The first-order valence-electron chi connectivity index (χ1n) is 6.02. The third-order valence-corrected chi connectivity index (χ3v) is 3.15. The zero-order valence-corrected chi connectivity index (χ0v) is 14.0. The van der Waals surface area contributed by atoms with Gasteiger partial charge in [-0.25, -0.2) is 4.99 Å². The molecule has 0 aliphatic heterocycles. The number of hydrogen-bond donors (Lipinski definition) is 2. The van der Waals surface area contributed by atoms with Gasteiger partial charge in [-0.3, -0.25) is 0 Å². The Bertz CT molecular complexity index is 487. The largest absolute Gasteiger partial charge is 0.370 e. The average molecular weight is 392 g/mol. The highest BCUT2D eigenvalue weighted by atomic mass is 127. The van der Waals surface area contributed by atoms with Crippen LogP contribution in [-0.2, 0) is 0 Å². The van der Waals surface area contributed by atoms with E-state index in [1.807, 2.05) is 25.1 Å². The molecule has 2 rings (SSSR count). The van der Waals surface area contributed by atoms with Crippen molar-refractivity contribution in [2.75, 3.05) is 6.54 Å². The van der Waals surface area contributed by atoms with E-state index in [4.69, 9.17) is 17.3 Å². The fraction of sp³-hybridized carbons (Fsp3) is 0.357. The van der Waals surface area contributed by atoms with Crippen LogP contribution in [0.3, 0.4) is 0 Å². The summed E-state index contributed by atoms with van der Waals surface area (Å²) in [7, 11) is 0. The number of nitrogens with two attached hydrogens (primary N) is 1. The Kier molecular flexibility index (Phi) is 6.13. The Morgan fingerprint density at radius 2 is 2.32 bits per heavy atom. The van der Waals surface area contributed by atoms with Crippen molar-refractivity contribution in [3.8, 4) is 0 Å². The third kappa shape index (κ3) is 5.03. The van der Waals surface area contributed by atoms with Crippen molar-refractivity contribution in [1.82, 2.24) is 5.32 Å². The van der Waals surface area contributed by atoms with Gasteiger partial charge in [-0.2, -0.15) is 0 Å². The van der Waals surface area contributed by atoms with Crippen LogP contribution in [-0.4, -0.2) is 18.5 Å². The van der Waals surface area contributed by atoms with Gasteiger partial charge in [0.15, 0.2) is 5.96 Å². The number of aliphatic imine (C=N–C) groups is 1. The lowest BCUT2D eigenvalue weighted by molar-refractivity contribution is 0.852. The molecule has 19 heavy (non-hydrogen) atoms. The molecule has 1 aromatic rings. The quantitative estimate of drug-likeness (QED) is 0.358. The van der Waals surface area contributed by atoms with Crippen molar-refractivity contribution >= 4 is 41.5 Å². The lowest BCUT2D eigenvalue weighted by Gasteiger charge is -2.05. The standard InChI is InChI=1S/C14H18ClN3.HI/c1-9(2)8-17-14(16)18-13-7-12(13)10-4-3-5-11(15)6-10;/h3-6,12-13H,1,7-8H2,2H3,(H3,16,17,18);1H/t12-,13+;/m0./s1. The number of halogens is 2. The lowest BCUT2D eigenvalue weighted by Crippen LogP contribution is -2.34. The first-order valence-corrected chi connectivity index (χ1v) is 6.40. The number of nitrogens with zero attached hydrogens (tertiary/aromatic N) is 1. The van der Waals surface area contributed by atoms with Gasteiger partial charge in [0, 0.05) is 17.0 Å². The predicted molar refractivity (Wildman–Crippen MR) is 92.5 cm³/mol. The van der Waals surface area contributed by atoms with E-state index in [0.717, 1.165) is 17.0 Å². The highest BCUT2D eigenvalue weighted by molar-refractivity contribution is 14.0. The van der Waals surface area contributed by atoms with Crippen molar-refractivity contribution in [2.24, 2.45) is 10.7 Å². The Balaban J connectivity index is 0.00000180. The topological polar surface area (TPSA) is 50.4 Å². The molecule has 1 fully saturated rings. The summed E-state index contributed by atoms with van der Waals surface area (Å²) in [5.41, 5.74) is 8.06. The summed E-state index contributed by atoms with van der Waals surface area (Å²) in [6.45, 7) is 6.30. The minimum absolute atomic E-state index is 0. The van der Waals surface area contributed by atoms with E-state index in [1.54, 1.807) is 0 Å². The van der Waals surface area contributed by atoms with Gasteiger partial charge in [-0.05, 0) is 31.0 Å². The molecule has 0 spiro atoms. The summed E-state index contributed by atoms with van der Waals surface area (Å²) in [6, 6.07) is 8.34. The molecule has 1 aromatic carbocycles. The summed E-state index contributed by atoms with van der Waals surface area (Å²) in [5, 5.41) is 4.00. The molecule has 3 nitrogen and oxygen atoms in total. The van der Waals surface area contributed by atoms with Crippen LogP contribution < -0.4 is 11.1 Å². The average Bonchev–Trinajstić information content (AvgIpc) is 3.06. The molecule has 2 atom stereocenters. The van der Waals surface area contributed by atoms with E-state index in [-0.39, 0.29) is 24.0 Å². The van der Waals surface area contributed by atoms with E-state index in [2.05, 4.69) is 23.0 Å². The monoisotopic (exact) mass is 391 g/mol. The molecule has 0 saturated heterocycles. The summed E-state index contributed by atoms with van der Waals surface area (Å²) in [4.78, 5) is 4.21. The fourth-order valence-corrected chi connectivity index (χ4v) is 2.11. The second-order valence-electron chi connectivity index (χ2n) is 4.81. The molecule has 0 heterocycles. The van der Waals surface area contributed by atoms with Crippen LogP contribution in [0.5, 0.6) is 0 Å². The molecule has 0 radical (unpaired) electrons. The van der Waals surface area contributed by atoms with Gasteiger partial charge in [0.25, 0.3) is 0 Å². The molecule has 0 aromatic heterocycles. The Morgan fingerprint density at radius 1 is 1.58 bits per heavy atom. The molecular formula is C14H19ClIN3. The van der Waals surface area contributed by atoms with Crippen molar-refractivity contribution < 1.29 is 0 Å². The van der Waals surface area contributed by atoms with Gasteiger partial charge in [0.2, 0.25) is 0 Å². The molecule has 5 heteroatoms. The summed E-state index contributed by atoms with van der Waals surface area (Å²) >= 11 is 5.98. The van der Waals surface area contributed by atoms with Gasteiger partial charge in [0.1, 0.15) is 0 Å². The maximum atomic E-state index is 5.98. The van der Waals surface area contributed by atoms with Crippen LogP contribution in [0.1, 0.15) is 24.8 Å². The van der Waals surface area contributed by atoms with Crippen LogP contribution in [0.2, 0.25) is 5.02 Å². The molecule has 104 valence electrons. The molecule has 0 amide bonds. The summed E-state index contributed by atoms with van der Waals surface area (Å²) in [5.74, 6) is 0.981. The molecule has 1 aliphatic carbocycles. The smallest absolute Gasteiger partial charge is 0.189 e. The second kappa shape index (κ2) is 7.14. The Morgan fingerprint density at radius 3 is 2.95 bits per heavy atom. The van der Waals surface area contributed by atoms with Crippen molar-refractivity contribution in [3.05, 3.63) is 47.0 Å². The SMILES string of the molecule is C=C(C)CN=C(N)N[C@@H]1C[C@H]1c1cccc(Cl)c1.I. The fourth-order valence-electron chi connectivity index (χ4n) is 1.92. The summed E-state index contributed by atoms with van der Waals surface area (Å²) < 4.78 is 0. The molecule has 0 unspecified atom stereocenters. The molecular weight excluding hydrogens is 373 g/mol. The highest BCUT2D eigenvalue weighted by Gasteiger charge is 2.38. The van der Waals surface area contributed by atoms with Gasteiger partial charge in [-0.1, -0.05) is 35.9 Å². The van der Waals surface area contributed by atoms with Crippen molar-refractivity contribution in [1.29, 1.82) is 0 Å². The van der Waals surface area contributed by atoms with Crippen LogP contribution in [0.15, 0.2) is 41.4 Å². The maximum absolute atomic E-state index is 5.98. The molecule has 1 aliphatic rings. The first-order chi connectivity index (χ1) is 8.56. The normalized spacial score (nSPS) is 21.5. The third-order valence-electron chi connectivity index (χ3n) is 2.92.